The molecule has 5 rings (SSSR count). The number of pyridine rings is 1. The zero-order valence-corrected chi connectivity index (χ0v) is 22.8. The minimum absolute atomic E-state index is 0. The van der Waals surface area contributed by atoms with Gasteiger partial charge in [-0.05, 0) is 25.2 Å². The van der Waals surface area contributed by atoms with Gasteiger partial charge < -0.3 is 15.1 Å². The molecule has 2 aromatic heterocycles. The van der Waals surface area contributed by atoms with Crippen molar-refractivity contribution in [3.8, 4) is 11.3 Å². The number of carbonyl (C=O) groups excluding carboxylic acids is 2. The molecule has 1 saturated heterocycles. The van der Waals surface area contributed by atoms with Gasteiger partial charge in [-0.15, -0.1) is 12.4 Å². The second kappa shape index (κ2) is 11.7. The monoisotopic (exact) mass is 591 g/mol. The molecule has 2 N–H and O–H groups in total. The molecule has 1 aliphatic rings. The molecule has 14 heteroatoms. The molecule has 3 amide bonds. The summed E-state index contributed by atoms with van der Waals surface area (Å²) in [5.41, 5.74) is 0.768. The van der Waals surface area contributed by atoms with Crippen LogP contribution in [0.15, 0.2) is 54.7 Å². The van der Waals surface area contributed by atoms with Crippen LogP contribution in [0.4, 0.5) is 33.7 Å². The lowest BCUT2D eigenvalue weighted by atomic mass is 10.0. The van der Waals surface area contributed by atoms with E-state index in [2.05, 4.69) is 25.6 Å². The number of hydrogen-bond donors (Lipinski definition) is 2. The van der Waals surface area contributed by atoms with Crippen molar-refractivity contribution in [1.29, 1.82) is 0 Å². The van der Waals surface area contributed by atoms with Gasteiger partial charge in [-0.2, -0.15) is 18.3 Å². The topological polar surface area (TPSA) is 95.4 Å². The van der Waals surface area contributed by atoms with E-state index >= 15 is 0 Å². The number of carbonyl (C=O) groups is 2. The minimum Gasteiger partial charge on any atom is -0.368 e. The summed E-state index contributed by atoms with van der Waals surface area (Å²) in [5, 5.41) is 9.64. The van der Waals surface area contributed by atoms with Crippen molar-refractivity contribution < 1.29 is 27.2 Å². The summed E-state index contributed by atoms with van der Waals surface area (Å²) in [4.78, 5) is 34.7. The number of aryl methyl sites for hydroxylation is 1. The van der Waals surface area contributed by atoms with E-state index in [0.29, 0.717) is 47.6 Å². The van der Waals surface area contributed by atoms with Gasteiger partial charge in [-0.25, -0.2) is 18.9 Å². The number of nitrogens with zero attached hydrogens (tertiary/aromatic N) is 5. The summed E-state index contributed by atoms with van der Waals surface area (Å²) in [6.45, 7) is 2.67. The maximum absolute atomic E-state index is 13.6. The van der Waals surface area contributed by atoms with E-state index in [-0.39, 0.29) is 23.7 Å². The number of urea groups is 1. The molecular weight excluding hydrogens is 566 g/mol. The third-order valence-corrected chi connectivity index (χ3v) is 6.69. The molecule has 0 radical (unpaired) electrons. The first kappa shape index (κ1) is 29.7. The van der Waals surface area contributed by atoms with Crippen molar-refractivity contribution in [3.05, 3.63) is 71.7 Å². The molecule has 216 valence electrons. The van der Waals surface area contributed by atoms with Crippen molar-refractivity contribution in [3.63, 3.8) is 0 Å². The Bertz CT molecular complexity index is 1590. The van der Waals surface area contributed by atoms with Crippen molar-refractivity contribution in [1.82, 2.24) is 25.0 Å². The summed E-state index contributed by atoms with van der Waals surface area (Å²) < 4.78 is 54.5. The van der Waals surface area contributed by atoms with Gasteiger partial charge in [0.2, 0.25) is 0 Å². The van der Waals surface area contributed by atoms with Gasteiger partial charge in [0.05, 0.1) is 22.2 Å². The standard InChI is InChI=1S/C27H25F4N7O2.ClH/c1-36-10-12-38(13-11-36)23-18(15-32-24-21(23)22(35-37(24)2)16-6-4-3-5-7-16)25(39)34-26(40)33-17-8-9-20(28)19(14-17)27(29,30)31;/h3-9,14-15H,10-13H2,1-2H3,(H2,33,34,39,40);1H. The highest BCUT2D eigenvalue weighted by Gasteiger charge is 2.34. The van der Waals surface area contributed by atoms with Gasteiger partial charge in [0.1, 0.15) is 11.5 Å². The smallest absolute Gasteiger partial charge is 0.368 e. The van der Waals surface area contributed by atoms with E-state index < -0.39 is 29.5 Å². The zero-order chi connectivity index (χ0) is 28.6. The predicted octanol–water partition coefficient (Wildman–Crippen LogP) is 4.93. The molecule has 9 nitrogen and oxygen atoms in total. The largest absolute Gasteiger partial charge is 0.419 e. The number of imide groups is 1. The molecule has 0 atom stereocenters. The van der Waals surface area contributed by atoms with Crippen LogP contribution in [0.5, 0.6) is 0 Å². The van der Waals surface area contributed by atoms with Crippen LogP contribution in [0.1, 0.15) is 15.9 Å². The molecule has 2 aromatic carbocycles. The highest BCUT2D eigenvalue weighted by atomic mass is 35.5. The fourth-order valence-electron chi connectivity index (χ4n) is 4.68. The van der Waals surface area contributed by atoms with E-state index in [0.717, 1.165) is 24.7 Å². The second-order valence-electron chi connectivity index (χ2n) is 9.45. The number of amides is 3. The SMILES string of the molecule is CN1CCN(c2c(C(=O)NC(=O)Nc3ccc(F)c(C(F)(F)F)c3)cnc3c2c(-c2ccccc2)nn3C)CC1.Cl. The summed E-state index contributed by atoms with van der Waals surface area (Å²) in [6, 6.07) is 10.4. The first-order chi connectivity index (χ1) is 19.0. The van der Waals surface area contributed by atoms with Gasteiger partial charge in [-0.3, -0.25) is 10.1 Å². The number of alkyl halides is 3. The highest BCUT2D eigenvalue weighted by molar-refractivity contribution is 6.15. The molecule has 0 spiro atoms. The van der Waals surface area contributed by atoms with Gasteiger partial charge in [0, 0.05) is 50.7 Å². The normalized spacial score (nSPS) is 14.0. The van der Waals surface area contributed by atoms with Crippen LogP contribution in [-0.4, -0.2) is 64.8 Å². The van der Waals surface area contributed by atoms with E-state index in [9.17, 15) is 27.2 Å². The summed E-state index contributed by atoms with van der Waals surface area (Å²) >= 11 is 0. The minimum atomic E-state index is -4.95. The summed E-state index contributed by atoms with van der Waals surface area (Å²) in [5.74, 6) is -2.28. The summed E-state index contributed by atoms with van der Waals surface area (Å²) in [7, 11) is 3.75. The van der Waals surface area contributed by atoms with Crippen LogP contribution in [0, 0.1) is 5.82 Å². The molecule has 1 aliphatic heterocycles. The van der Waals surface area contributed by atoms with E-state index in [1.54, 1.807) is 11.7 Å². The van der Waals surface area contributed by atoms with Gasteiger partial charge in [0.25, 0.3) is 5.91 Å². The number of likely N-dealkylation sites (N-methyl/N-ethyl adjacent to an activating group) is 1. The molecular formula is C27H26ClF4N7O2. The molecule has 41 heavy (non-hydrogen) atoms. The lowest BCUT2D eigenvalue weighted by Gasteiger charge is -2.35. The van der Waals surface area contributed by atoms with E-state index in [1.165, 1.54) is 6.20 Å². The second-order valence-corrected chi connectivity index (χ2v) is 9.45. The van der Waals surface area contributed by atoms with Crippen LogP contribution in [0.3, 0.4) is 0 Å². The number of benzene rings is 2. The molecule has 3 heterocycles. The summed E-state index contributed by atoms with van der Waals surface area (Å²) in [6.07, 6.45) is -3.60. The van der Waals surface area contributed by atoms with Crippen LogP contribution in [0.25, 0.3) is 22.3 Å². The molecule has 0 bridgehead atoms. The van der Waals surface area contributed by atoms with Crippen LogP contribution in [0.2, 0.25) is 0 Å². The molecule has 0 saturated carbocycles. The number of halogens is 5. The third-order valence-electron chi connectivity index (χ3n) is 6.69. The number of hydrogen-bond acceptors (Lipinski definition) is 6. The molecule has 1 fully saturated rings. The average molecular weight is 592 g/mol. The number of fused-ring (bicyclic) bond motifs is 1. The molecule has 0 unspecified atom stereocenters. The lowest BCUT2D eigenvalue weighted by molar-refractivity contribution is -0.139. The first-order valence-electron chi connectivity index (χ1n) is 12.4. The van der Waals surface area contributed by atoms with Crippen LogP contribution < -0.4 is 15.5 Å². The Morgan fingerprint density at radius 3 is 2.32 bits per heavy atom. The zero-order valence-electron chi connectivity index (χ0n) is 22.0. The Hall–Kier alpha value is -4.23. The number of aromatic nitrogens is 3. The fraction of sp³-hybridized carbons (Fsp3) is 0.259. The van der Waals surface area contributed by atoms with Crippen molar-refractivity contribution in [2.75, 3.05) is 43.4 Å². The van der Waals surface area contributed by atoms with Crippen molar-refractivity contribution >= 4 is 46.8 Å². The third kappa shape index (κ3) is 6.10. The quantitative estimate of drug-likeness (QED) is 0.327. The van der Waals surface area contributed by atoms with Crippen LogP contribution >= 0.6 is 12.4 Å². The number of piperazine rings is 1. The predicted molar refractivity (Wildman–Crippen MR) is 149 cm³/mol. The first-order valence-corrected chi connectivity index (χ1v) is 12.4. The average Bonchev–Trinajstić information content (AvgIpc) is 3.26. The van der Waals surface area contributed by atoms with E-state index in [4.69, 9.17) is 0 Å². The molecule has 4 aromatic rings. The Balaban J connectivity index is 0.00000387. The Kier molecular flexibility index (Phi) is 8.50. The van der Waals surface area contributed by atoms with Crippen molar-refractivity contribution in [2.24, 2.45) is 7.05 Å². The Morgan fingerprint density at radius 1 is 0.976 bits per heavy atom. The molecule has 0 aliphatic carbocycles. The Labute approximate surface area is 238 Å². The number of rotatable bonds is 4. The van der Waals surface area contributed by atoms with Gasteiger partial charge in [0.15, 0.2) is 5.65 Å². The fourth-order valence-corrected chi connectivity index (χ4v) is 4.68. The number of nitrogens with one attached hydrogen (secondary N) is 2. The van der Waals surface area contributed by atoms with Crippen molar-refractivity contribution in [2.45, 2.75) is 6.18 Å². The van der Waals surface area contributed by atoms with Gasteiger partial charge in [-0.1, -0.05) is 30.3 Å². The van der Waals surface area contributed by atoms with Crippen LogP contribution in [-0.2, 0) is 13.2 Å². The maximum Gasteiger partial charge on any atom is 0.419 e. The maximum atomic E-state index is 13.6. The highest BCUT2D eigenvalue weighted by Crippen LogP contribution is 2.37. The lowest BCUT2D eigenvalue weighted by Crippen LogP contribution is -2.45. The van der Waals surface area contributed by atoms with E-state index in [1.807, 2.05) is 42.3 Å². The number of anilines is 2. The Morgan fingerprint density at radius 2 is 1.66 bits per heavy atom. The van der Waals surface area contributed by atoms with Gasteiger partial charge >= 0.3 is 12.2 Å².